The molecule has 0 aromatic carbocycles. The number of carbonyl (C=O) groups is 1. The van der Waals surface area contributed by atoms with Crippen LogP contribution in [0.1, 0.15) is 26.2 Å². The Morgan fingerprint density at radius 2 is 2.31 bits per heavy atom. The fourth-order valence-corrected chi connectivity index (χ4v) is 1.30. The second-order valence-corrected chi connectivity index (χ2v) is 4.01. The van der Waals surface area contributed by atoms with E-state index in [2.05, 4.69) is 21.2 Å². The number of hydrogen-bond acceptors (Lipinski definition) is 2. The molecular weight excluding hydrogens is 234 g/mol. The van der Waals surface area contributed by atoms with Crippen molar-refractivity contribution in [2.75, 3.05) is 18.5 Å². The van der Waals surface area contributed by atoms with Gasteiger partial charge in [0.15, 0.2) is 0 Å². The van der Waals surface area contributed by atoms with Gasteiger partial charge in [-0.1, -0.05) is 22.9 Å². The third-order valence-electron chi connectivity index (χ3n) is 1.83. The second-order valence-electron chi connectivity index (χ2n) is 3.22. The van der Waals surface area contributed by atoms with Gasteiger partial charge in [-0.25, -0.2) is 0 Å². The first kappa shape index (κ1) is 12.9. The Bertz CT molecular complexity index is 142. The lowest BCUT2D eigenvalue weighted by atomic mass is 10.1. The van der Waals surface area contributed by atoms with Crippen molar-refractivity contribution < 1.29 is 9.90 Å². The molecule has 0 heterocycles. The van der Waals surface area contributed by atoms with E-state index in [1.165, 1.54) is 0 Å². The van der Waals surface area contributed by atoms with Crippen molar-refractivity contribution in [3.05, 3.63) is 0 Å². The summed E-state index contributed by atoms with van der Waals surface area (Å²) in [5.74, 6) is 0.432. The van der Waals surface area contributed by atoms with Gasteiger partial charge in [0.05, 0.1) is 0 Å². The first-order valence-corrected chi connectivity index (χ1v) is 5.76. The lowest BCUT2D eigenvalue weighted by Crippen LogP contribution is -2.24. The number of rotatable bonds is 7. The van der Waals surface area contributed by atoms with Crippen molar-refractivity contribution in [2.24, 2.45) is 5.92 Å². The average Bonchev–Trinajstić information content (AvgIpc) is 2.12. The number of halogens is 1. The SMILES string of the molecule is CC(CO)CCCNC(=O)CCBr. The molecule has 1 unspecified atom stereocenters. The maximum absolute atomic E-state index is 11.0. The maximum atomic E-state index is 11.0. The van der Waals surface area contributed by atoms with E-state index in [0.717, 1.165) is 19.4 Å². The molecule has 0 radical (unpaired) electrons. The summed E-state index contributed by atoms with van der Waals surface area (Å²) in [5.41, 5.74) is 0. The highest BCUT2D eigenvalue weighted by molar-refractivity contribution is 9.09. The summed E-state index contributed by atoms with van der Waals surface area (Å²) in [4.78, 5) is 11.0. The Balaban J connectivity index is 3.20. The highest BCUT2D eigenvalue weighted by atomic mass is 79.9. The molecule has 0 saturated heterocycles. The van der Waals surface area contributed by atoms with Gasteiger partial charge in [-0.05, 0) is 18.8 Å². The molecular formula is C9H18BrNO2. The van der Waals surface area contributed by atoms with Crippen LogP contribution >= 0.6 is 15.9 Å². The highest BCUT2D eigenvalue weighted by Crippen LogP contribution is 2.02. The molecule has 0 aromatic rings. The van der Waals surface area contributed by atoms with E-state index in [1.807, 2.05) is 6.92 Å². The molecule has 2 N–H and O–H groups in total. The summed E-state index contributed by atoms with van der Waals surface area (Å²) in [6, 6.07) is 0. The zero-order chi connectivity index (χ0) is 10.1. The van der Waals surface area contributed by atoms with Gasteiger partial charge in [0.25, 0.3) is 0 Å². The minimum absolute atomic E-state index is 0.0912. The molecule has 4 heteroatoms. The van der Waals surface area contributed by atoms with Crippen LogP contribution in [0.3, 0.4) is 0 Å². The van der Waals surface area contributed by atoms with Crippen LogP contribution in [0.2, 0.25) is 0 Å². The Labute approximate surface area is 88.0 Å². The molecule has 3 nitrogen and oxygen atoms in total. The Kier molecular flexibility index (Phi) is 8.45. The lowest BCUT2D eigenvalue weighted by Gasteiger charge is -2.07. The van der Waals surface area contributed by atoms with Crippen molar-refractivity contribution in [1.29, 1.82) is 0 Å². The molecule has 0 spiro atoms. The summed E-state index contributed by atoms with van der Waals surface area (Å²) in [6.45, 7) is 2.95. The molecule has 1 amide bonds. The second kappa shape index (κ2) is 8.51. The lowest BCUT2D eigenvalue weighted by molar-refractivity contribution is -0.120. The van der Waals surface area contributed by atoms with Gasteiger partial charge in [-0.3, -0.25) is 4.79 Å². The van der Waals surface area contributed by atoms with Gasteiger partial charge in [-0.15, -0.1) is 0 Å². The van der Waals surface area contributed by atoms with Crippen molar-refractivity contribution in [2.45, 2.75) is 26.2 Å². The van der Waals surface area contributed by atoms with E-state index < -0.39 is 0 Å². The van der Waals surface area contributed by atoms with Crippen molar-refractivity contribution in [3.63, 3.8) is 0 Å². The van der Waals surface area contributed by atoms with E-state index in [-0.39, 0.29) is 12.5 Å². The minimum atomic E-state index is 0.0912. The largest absolute Gasteiger partial charge is 0.396 e. The quantitative estimate of drug-likeness (QED) is 0.530. The van der Waals surface area contributed by atoms with E-state index in [0.29, 0.717) is 17.7 Å². The van der Waals surface area contributed by atoms with E-state index in [9.17, 15) is 4.79 Å². The first-order chi connectivity index (χ1) is 6.20. The van der Waals surface area contributed by atoms with Crippen LogP contribution in [-0.2, 0) is 4.79 Å². The van der Waals surface area contributed by atoms with E-state index >= 15 is 0 Å². The Hall–Kier alpha value is -0.0900. The van der Waals surface area contributed by atoms with Crippen LogP contribution < -0.4 is 5.32 Å². The minimum Gasteiger partial charge on any atom is -0.396 e. The number of hydrogen-bond donors (Lipinski definition) is 2. The van der Waals surface area contributed by atoms with Gasteiger partial charge in [0.2, 0.25) is 5.91 Å². The van der Waals surface area contributed by atoms with Crippen LogP contribution in [0, 0.1) is 5.92 Å². The smallest absolute Gasteiger partial charge is 0.220 e. The number of carbonyl (C=O) groups excluding carboxylic acids is 1. The van der Waals surface area contributed by atoms with Gasteiger partial charge in [-0.2, -0.15) is 0 Å². The van der Waals surface area contributed by atoms with Crippen LogP contribution in [0.15, 0.2) is 0 Å². The van der Waals surface area contributed by atoms with Crippen molar-refractivity contribution in [3.8, 4) is 0 Å². The molecule has 0 aromatic heterocycles. The van der Waals surface area contributed by atoms with Crippen LogP contribution in [0.4, 0.5) is 0 Å². The van der Waals surface area contributed by atoms with Crippen molar-refractivity contribution in [1.82, 2.24) is 5.32 Å². The predicted octanol–water partition coefficient (Wildman–Crippen LogP) is 1.30. The van der Waals surface area contributed by atoms with Gasteiger partial charge in [0.1, 0.15) is 0 Å². The van der Waals surface area contributed by atoms with Crippen LogP contribution in [-0.4, -0.2) is 29.5 Å². The third-order valence-corrected chi connectivity index (χ3v) is 2.23. The number of nitrogens with one attached hydrogen (secondary N) is 1. The average molecular weight is 252 g/mol. The summed E-state index contributed by atoms with van der Waals surface area (Å²) in [5, 5.41) is 12.3. The number of aliphatic hydroxyl groups excluding tert-OH is 1. The van der Waals surface area contributed by atoms with E-state index in [4.69, 9.17) is 5.11 Å². The Morgan fingerprint density at radius 1 is 1.62 bits per heavy atom. The molecule has 1 atom stereocenters. The molecule has 0 saturated carbocycles. The van der Waals surface area contributed by atoms with Gasteiger partial charge in [0, 0.05) is 24.9 Å². The van der Waals surface area contributed by atoms with Crippen molar-refractivity contribution >= 4 is 21.8 Å². The molecule has 0 aliphatic rings. The predicted molar refractivity (Wildman–Crippen MR) is 56.9 cm³/mol. The molecule has 78 valence electrons. The maximum Gasteiger partial charge on any atom is 0.220 e. The standard InChI is InChI=1S/C9H18BrNO2/c1-8(7-12)3-2-6-11-9(13)4-5-10/h8,12H,2-7H2,1H3,(H,11,13). The molecule has 0 fully saturated rings. The zero-order valence-corrected chi connectivity index (χ0v) is 9.64. The Morgan fingerprint density at radius 3 is 2.85 bits per heavy atom. The molecule has 0 rings (SSSR count). The molecule has 0 aliphatic carbocycles. The monoisotopic (exact) mass is 251 g/mol. The van der Waals surface area contributed by atoms with Crippen LogP contribution in [0.25, 0.3) is 0 Å². The normalized spacial score (nSPS) is 12.5. The van der Waals surface area contributed by atoms with Gasteiger partial charge >= 0.3 is 0 Å². The fourth-order valence-electron chi connectivity index (χ4n) is 0.944. The molecule has 0 aliphatic heterocycles. The third kappa shape index (κ3) is 8.25. The fraction of sp³-hybridized carbons (Fsp3) is 0.889. The number of aliphatic hydroxyl groups is 1. The van der Waals surface area contributed by atoms with Gasteiger partial charge < -0.3 is 10.4 Å². The van der Waals surface area contributed by atoms with E-state index in [1.54, 1.807) is 0 Å². The first-order valence-electron chi connectivity index (χ1n) is 4.64. The van der Waals surface area contributed by atoms with Crippen LogP contribution in [0.5, 0.6) is 0 Å². The summed E-state index contributed by atoms with van der Waals surface area (Å²) in [7, 11) is 0. The highest BCUT2D eigenvalue weighted by Gasteiger charge is 2.01. The number of amides is 1. The topological polar surface area (TPSA) is 49.3 Å². The summed E-state index contributed by atoms with van der Waals surface area (Å²) < 4.78 is 0. The molecule has 0 bridgehead atoms. The zero-order valence-electron chi connectivity index (χ0n) is 8.05. The summed E-state index contributed by atoms with van der Waals surface area (Å²) in [6.07, 6.45) is 2.44. The number of alkyl halides is 1. The summed E-state index contributed by atoms with van der Waals surface area (Å²) >= 11 is 3.20. The molecule has 13 heavy (non-hydrogen) atoms.